The summed E-state index contributed by atoms with van der Waals surface area (Å²) in [4.78, 5) is 4.79. The molecule has 2 spiro atoms. The number of likely N-dealkylation sites (tertiary alicyclic amines) is 2. The van der Waals surface area contributed by atoms with Gasteiger partial charge in [0.2, 0.25) is 0 Å². The minimum atomic E-state index is 0. The van der Waals surface area contributed by atoms with Crippen molar-refractivity contribution >= 4 is 45.8 Å². The molecule has 3 rings (SSSR count). The highest BCUT2D eigenvalue weighted by molar-refractivity contribution is 8.83. The van der Waals surface area contributed by atoms with Gasteiger partial charge in [0.25, 0.3) is 0 Å². The smallest absolute Gasteiger partial charge is 0.0753 e. The van der Waals surface area contributed by atoms with Gasteiger partial charge in [0, 0.05) is 39.3 Å². The number of aliphatic hydroxyl groups excluding tert-OH is 2. The number of rotatable bonds is 4. The van der Waals surface area contributed by atoms with E-state index in [9.17, 15) is 0 Å². The Morgan fingerprint density at radius 3 is 1.41 bits per heavy atom. The van der Waals surface area contributed by atoms with Gasteiger partial charge in [0.15, 0.2) is 0 Å². The normalized spacial score (nSPS) is 28.1. The first kappa shape index (κ1) is 19.5. The molecule has 0 amide bonds. The number of aliphatic hydroxyl groups is 2. The molecule has 3 fully saturated rings. The highest BCUT2D eigenvalue weighted by atomic mass is 35.5. The molecule has 0 aromatic heterocycles. The van der Waals surface area contributed by atoms with E-state index >= 15 is 0 Å². The Balaban J connectivity index is 0.00000176. The summed E-state index contributed by atoms with van der Waals surface area (Å²) in [6, 6.07) is 0. The number of halogens is 1. The van der Waals surface area contributed by atoms with E-state index in [0.717, 1.165) is 39.3 Å². The van der Waals surface area contributed by atoms with Gasteiger partial charge < -0.3 is 20.0 Å². The van der Waals surface area contributed by atoms with E-state index in [1.165, 1.54) is 25.7 Å². The zero-order valence-electron chi connectivity index (χ0n) is 12.9. The Kier molecular flexibility index (Phi) is 7.55. The molecule has 0 unspecified atom stereocenters. The average molecular weight is 387 g/mol. The molecule has 2 N–H and O–H groups in total. The third-order valence-electron chi connectivity index (χ3n) is 4.79. The first-order valence-corrected chi connectivity index (χ1v) is 10.9. The molecule has 3 aliphatic heterocycles. The summed E-state index contributed by atoms with van der Waals surface area (Å²) >= 11 is 2.25. The summed E-state index contributed by atoms with van der Waals surface area (Å²) in [5, 5.41) is 18.1. The molecule has 3 heterocycles. The van der Waals surface area contributed by atoms with Gasteiger partial charge in [-0.05, 0) is 25.7 Å². The van der Waals surface area contributed by atoms with Crippen molar-refractivity contribution in [3.63, 3.8) is 0 Å². The summed E-state index contributed by atoms with van der Waals surface area (Å²) in [6.45, 7) is 6.77. The fourth-order valence-corrected chi connectivity index (χ4v) is 10.4. The fourth-order valence-electron chi connectivity index (χ4n) is 3.41. The van der Waals surface area contributed by atoms with Crippen LogP contribution in [0.2, 0.25) is 0 Å². The maximum Gasteiger partial charge on any atom is 0.0753 e. The van der Waals surface area contributed by atoms with Crippen LogP contribution in [-0.4, -0.2) is 80.7 Å². The lowest BCUT2D eigenvalue weighted by atomic mass is 10.1. The van der Waals surface area contributed by atoms with Crippen molar-refractivity contribution < 1.29 is 10.2 Å². The number of thioether (sulfide) groups is 1. The summed E-state index contributed by atoms with van der Waals surface area (Å²) in [5.74, 6) is 0. The van der Waals surface area contributed by atoms with Crippen molar-refractivity contribution in [2.45, 2.75) is 33.8 Å². The van der Waals surface area contributed by atoms with E-state index in [1.54, 1.807) is 0 Å². The van der Waals surface area contributed by atoms with E-state index < -0.39 is 0 Å². The first-order valence-electron chi connectivity index (χ1n) is 7.93. The summed E-state index contributed by atoms with van der Waals surface area (Å²) in [6.07, 6.45) is 4.99. The quantitative estimate of drug-likeness (QED) is 0.717. The van der Waals surface area contributed by atoms with Gasteiger partial charge in [-0.15, -0.1) is 24.2 Å². The second kappa shape index (κ2) is 8.52. The fraction of sp³-hybridized carbons (Fsp3) is 1.00. The molecule has 0 bridgehead atoms. The van der Waals surface area contributed by atoms with Crippen molar-refractivity contribution in [1.82, 2.24) is 9.80 Å². The number of nitrogens with zero attached hydrogens (tertiary/aromatic N) is 2. The number of hydrogen-bond acceptors (Lipinski definition) is 7. The van der Waals surface area contributed by atoms with Crippen molar-refractivity contribution in [2.24, 2.45) is 0 Å². The van der Waals surface area contributed by atoms with Crippen LogP contribution >= 0.6 is 45.8 Å². The van der Waals surface area contributed by atoms with Crippen LogP contribution < -0.4 is 0 Å². The Morgan fingerprint density at radius 1 is 0.727 bits per heavy atom. The highest BCUT2D eigenvalue weighted by Crippen LogP contribution is 2.70. The molecule has 3 aliphatic rings. The zero-order chi connectivity index (χ0) is 14.8. The van der Waals surface area contributed by atoms with Crippen LogP contribution in [0.25, 0.3) is 0 Å². The van der Waals surface area contributed by atoms with E-state index in [0.29, 0.717) is 8.16 Å². The van der Waals surface area contributed by atoms with Crippen LogP contribution in [0.1, 0.15) is 25.7 Å². The van der Waals surface area contributed by atoms with Crippen LogP contribution in [-0.2, 0) is 0 Å². The molecule has 0 radical (unpaired) electrons. The summed E-state index contributed by atoms with van der Waals surface area (Å²) in [5.41, 5.74) is 0. The second-order valence-electron chi connectivity index (χ2n) is 6.22. The minimum absolute atomic E-state index is 0. The van der Waals surface area contributed by atoms with E-state index in [4.69, 9.17) is 10.2 Å². The molecule has 0 atom stereocenters. The first-order chi connectivity index (χ1) is 10.2. The molecule has 3 saturated heterocycles. The molecule has 8 heteroatoms. The summed E-state index contributed by atoms with van der Waals surface area (Å²) in [7, 11) is 4.26. The molecule has 0 aliphatic carbocycles. The molecule has 4 nitrogen and oxygen atoms in total. The maximum absolute atomic E-state index is 9.06. The van der Waals surface area contributed by atoms with Crippen LogP contribution in [0.4, 0.5) is 0 Å². The summed E-state index contributed by atoms with van der Waals surface area (Å²) < 4.78 is 0.825. The van der Waals surface area contributed by atoms with Gasteiger partial charge in [0.1, 0.15) is 0 Å². The van der Waals surface area contributed by atoms with E-state index in [2.05, 4.69) is 43.1 Å². The molecular weight excluding hydrogens is 360 g/mol. The van der Waals surface area contributed by atoms with Gasteiger partial charge in [-0.3, -0.25) is 0 Å². The highest BCUT2D eigenvalue weighted by Gasteiger charge is 2.52. The topological polar surface area (TPSA) is 46.9 Å². The van der Waals surface area contributed by atoms with E-state index in [-0.39, 0.29) is 25.6 Å². The standard InChI is InChI=1S/C14H26N2O2S3.ClH/c17-11-9-15-5-1-13(2-6-15)19-14(21-20-13)3-7-16(8-4-14)10-12-18;/h17-18H,1-12H2;1H. The Hall–Kier alpha value is 1.18. The van der Waals surface area contributed by atoms with E-state index in [1.807, 2.05) is 0 Å². The van der Waals surface area contributed by atoms with Crippen LogP contribution in [0.5, 0.6) is 0 Å². The van der Waals surface area contributed by atoms with Gasteiger partial charge >= 0.3 is 0 Å². The predicted octanol–water partition coefficient (Wildman–Crippen LogP) is 2.11. The Bertz CT molecular complexity index is 317. The monoisotopic (exact) mass is 386 g/mol. The third-order valence-corrected chi connectivity index (χ3v) is 11.7. The second-order valence-corrected chi connectivity index (χ2v) is 11.4. The largest absolute Gasteiger partial charge is 0.395 e. The molecule has 0 aromatic rings. The van der Waals surface area contributed by atoms with Gasteiger partial charge in [0.05, 0.1) is 21.4 Å². The van der Waals surface area contributed by atoms with Crippen molar-refractivity contribution in [3.05, 3.63) is 0 Å². The maximum atomic E-state index is 9.06. The van der Waals surface area contributed by atoms with Gasteiger partial charge in [-0.2, -0.15) is 0 Å². The SMILES string of the molecule is Cl.OCCN1CCC2(CC1)SSC1(CCN(CCO)CC1)S2. The van der Waals surface area contributed by atoms with Crippen LogP contribution in [0.3, 0.4) is 0 Å². The Morgan fingerprint density at radius 2 is 1.09 bits per heavy atom. The lowest BCUT2D eigenvalue weighted by molar-refractivity contribution is 0.168. The number of β-amino-alcohol motifs (C(OH)–C–C–N with tert-alkyl or cyclic N) is 2. The molecule has 22 heavy (non-hydrogen) atoms. The van der Waals surface area contributed by atoms with Gasteiger partial charge in [-0.25, -0.2) is 0 Å². The molecular formula is C14H27ClN2O2S3. The van der Waals surface area contributed by atoms with Crippen LogP contribution in [0, 0.1) is 0 Å². The lowest BCUT2D eigenvalue weighted by Gasteiger charge is -2.41. The van der Waals surface area contributed by atoms with Crippen LogP contribution in [0.15, 0.2) is 0 Å². The van der Waals surface area contributed by atoms with Crippen molar-refractivity contribution in [1.29, 1.82) is 0 Å². The molecule has 0 saturated carbocycles. The average Bonchev–Trinajstić information content (AvgIpc) is 2.84. The van der Waals surface area contributed by atoms with Crippen molar-refractivity contribution in [3.8, 4) is 0 Å². The van der Waals surface area contributed by atoms with Gasteiger partial charge in [-0.1, -0.05) is 21.6 Å². The minimum Gasteiger partial charge on any atom is -0.395 e. The predicted molar refractivity (Wildman–Crippen MR) is 101 cm³/mol. The third kappa shape index (κ3) is 4.42. The zero-order valence-corrected chi connectivity index (χ0v) is 16.2. The number of hydrogen-bond donors (Lipinski definition) is 2. The van der Waals surface area contributed by atoms with Crippen molar-refractivity contribution in [2.75, 3.05) is 52.5 Å². The molecule has 130 valence electrons. The molecule has 0 aromatic carbocycles. The number of piperidine rings is 2. The lowest BCUT2D eigenvalue weighted by Crippen LogP contribution is -2.44. The Labute approximate surface area is 151 Å².